The summed E-state index contributed by atoms with van der Waals surface area (Å²) in [7, 11) is 0. The lowest BCUT2D eigenvalue weighted by atomic mass is 10.0. The van der Waals surface area contributed by atoms with E-state index >= 15 is 0 Å². The molecule has 1 N–H and O–H groups in total. The molecule has 0 aromatic carbocycles. The zero-order valence-electron chi connectivity index (χ0n) is 7.53. The molecule has 0 aromatic heterocycles. The summed E-state index contributed by atoms with van der Waals surface area (Å²) in [5.74, 6) is -5.52. The van der Waals surface area contributed by atoms with Crippen molar-refractivity contribution in [2.24, 2.45) is 5.10 Å². The zero-order chi connectivity index (χ0) is 11.9. The number of carbonyl (C=O) groups is 1. The highest BCUT2D eigenvalue weighted by Gasteiger charge is 2.63. The van der Waals surface area contributed by atoms with Crippen molar-refractivity contribution in [3.05, 3.63) is 0 Å². The maximum atomic E-state index is 12.7. The molecule has 1 atom stereocenters. The average molecular weight is 230 g/mol. The molecule has 0 aromatic rings. The fourth-order valence-electron chi connectivity index (χ4n) is 1.07. The molecule has 86 valence electrons. The lowest BCUT2D eigenvalue weighted by Gasteiger charge is -2.24. The van der Waals surface area contributed by atoms with Crippen molar-refractivity contribution in [3.63, 3.8) is 0 Å². The second-order valence-electron chi connectivity index (χ2n) is 3.12. The highest BCUT2D eigenvalue weighted by Crippen LogP contribution is 2.40. The monoisotopic (exact) mass is 230 g/mol. The third-order valence-electron chi connectivity index (χ3n) is 1.97. The lowest BCUT2D eigenvalue weighted by Crippen LogP contribution is -2.51. The van der Waals surface area contributed by atoms with Crippen molar-refractivity contribution in [2.45, 2.75) is 31.5 Å². The van der Waals surface area contributed by atoms with Gasteiger partial charge in [0.05, 0.1) is 0 Å². The fourth-order valence-corrected chi connectivity index (χ4v) is 1.07. The topological polar surface area (TPSA) is 41.5 Å². The molecule has 0 amide bonds. The van der Waals surface area contributed by atoms with Crippen LogP contribution in [-0.4, -0.2) is 29.6 Å². The van der Waals surface area contributed by atoms with Gasteiger partial charge in [-0.3, -0.25) is 10.2 Å². The maximum Gasteiger partial charge on any atom is 0.455 e. The van der Waals surface area contributed by atoms with Gasteiger partial charge >= 0.3 is 12.1 Å². The summed E-state index contributed by atoms with van der Waals surface area (Å²) in [5.41, 5.74) is 1.33. The van der Waals surface area contributed by atoms with E-state index < -0.39 is 30.3 Å². The molecule has 1 heterocycles. The second-order valence-corrected chi connectivity index (χ2v) is 3.12. The van der Waals surface area contributed by atoms with Crippen molar-refractivity contribution in [2.75, 3.05) is 0 Å². The Morgan fingerprint density at radius 3 is 2.27 bits per heavy atom. The smallest absolute Gasteiger partial charge is 0.300 e. The van der Waals surface area contributed by atoms with Crippen molar-refractivity contribution >= 4 is 11.5 Å². The van der Waals surface area contributed by atoms with E-state index in [4.69, 9.17) is 0 Å². The van der Waals surface area contributed by atoms with Crippen LogP contribution in [0.3, 0.4) is 0 Å². The van der Waals surface area contributed by atoms with Gasteiger partial charge in [0.15, 0.2) is 5.78 Å². The molecule has 8 heteroatoms. The first-order chi connectivity index (χ1) is 6.66. The van der Waals surface area contributed by atoms with E-state index in [2.05, 4.69) is 5.10 Å². The number of alkyl halides is 5. The molecule has 0 spiro atoms. The Morgan fingerprint density at radius 1 is 1.40 bits per heavy atom. The number of halogens is 5. The van der Waals surface area contributed by atoms with Crippen molar-refractivity contribution in [1.29, 1.82) is 0 Å². The molecule has 1 rings (SSSR count). The minimum absolute atomic E-state index is 0.302. The van der Waals surface area contributed by atoms with Gasteiger partial charge in [0.25, 0.3) is 0 Å². The number of rotatable bonds is 2. The van der Waals surface area contributed by atoms with Crippen molar-refractivity contribution in [3.8, 4) is 0 Å². The van der Waals surface area contributed by atoms with Gasteiger partial charge in [-0.25, -0.2) is 0 Å². The molecule has 0 aliphatic carbocycles. The molecule has 0 fully saturated rings. The van der Waals surface area contributed by atoms with E-state index in [9.17, 15) is 26.7 Å². The van der Waals surface area contributed by atoms with Crippen LogP contribution >= 0.6 is 0 Å². The normalized spacial score (nSPS) is 22.3. The van der Waals surface area contributed by atoms with Gasteiger partial charge in [0, 0.05) is 13.3 Å². The van der Waals surface area contributed by atoms with Crippen LogP contribution in [0.5, 0.6) is 0 Å². The summed E-state index contributed by atoms with van der Waals surface area (Å²) in [5, 5.41) is 3.13. The number of nitrogens with zero attached hydrogens (tertiary/aromatic N) is 1. The molecule has 0 bridgehead atoms. The Bertz CT molecular complexity index is 309. The Hall–Kier alpha value is -1.21. The first kappa shape index (κ1) is 11.9. The number of hydrazone groups is 1. The van der Waals surface area contributed by atoms with Crippen LogP contribution in [0.4, 0.5) is 22.0 Å². The number of nitrogens with one attached hydrogen (secondary N) is 1. The number of hydrogen-bond donors (Lipinski definition) is 1. The SMILES string of the molecule is CC(=O)C1=NNC(C(F)(F)C(F)(F)F)C1. The van der Waals surface area contributed by atoms with E-state index in [-0.39, 0.29) is 5.71 Å². The van der Waals surface area contributed by atoms with Crippen LogP contribution in [0, 0.1) is 0 Å². The molecular formula is C7H7F5N2O. The molecule has 1 unspecified atom stereocenters. The van der Waals surface area contributed by atoms with E-state index in [1.165, 1.54) is 0 Å². The molecule has 0 saturated heterocycles. The average Bonchev–Trinajstić information content (AvgIpc) is 2.49. The van der Waals surface area contributed by atoms with Crippen LogP contribution in [0.1, 0.15) is 13.3 Å². The second kappa shape index (κ2) is 3.42. The summed E-state index contributed by atoms with van der Waals surface area (Å²) in [6.45, 7) is 1.05. The van der Waals surface area contributed by atoms with Gasteiger partial charge in [-0.15, -0.1) is 0 Å². The molecule has 15 heavy (non-hydrogen) atoms. The van der Waals surface area contributed by atoms with Crippen LogP contribution in [0.2, 0.25) is 0 Å². The minimum atomic E-state index is -5.65. The summed E-state index contributed by atoms with van der Waals surface area (Å²) < 4.78 is 61.1. The molecule has 1 aliphatic heterocycles. The third kappa shape index (κ3) is 2.07. The summed E-state index contributed by atoms with van der Waals surface area (Å²) >= 11 is 0. The Morgan fingerprint density at radius 2 is 1.93 bits per heavy atom. The third-order valence-corrected chi connectivity index (χ3v) is 1.97. The highest BCUT2D eigenvalue weighted by molar-refractivity contribution is 6.39. The fraction of sp³-hybridized carbons (Fsp3) is 0.714. The highest BCUT2D eigenvalue weighted by atomic mass is 19.4. The van der Waals surface area contributed by atoms with Crippen molar-refractivity contribution < 1.29 is 26.7 Å². The molecule has 0 saturated carbocycles. The van der Waals surface area contributed by atoms with Crippen LogP contribution < -0.4 is 5.43 Å². The van der Waals surface area contributed by atoms with Gasteiger partial charge in [-0.05, 0) is 0 Å². The van der Waals surface area contributed by atoms with E-state index in [0.717, 1.165) is 6.92 Å². The van der Waals surface area contributed by atoms with Gasteiger partial charge in [-0.1, -0.05) is 0 Å². The standard InChI is InChI=1S/C7H7F5N2O/c1-3(15)4-2-5(14-13-4)6(8,9)7(10,11)12/h5,14H,2H2,1H3. The van der Waals surface area contributed by atoms with Gasteiger partial charge in [-0.2, -0.15) is 27.1 Å². The number of ketones is 1. The minimum Gasteiger partial charge on any atom is -0.300 e. The first-order valence-corrected chi connectivity index (χ1v) is 3.94. The first-order valence-electron chi connectivity index (χ1n) is 3.94. The molecule has 3 nitrogen and oxygen atoms in total. The Labute approximate surface area is 81.3 Å². The summed E-state index contributed by atoms with van der Waals surface area (Å²) in [6.07, 6.45) is -6.37. The molecule has 1 aliphatic rings. The largest absolute Gasteiger partial charge is 0.455 e. The quantitative estimate of drug-likeness (QED) is 0.730. The number of Topliss-reactive ketones (excluding diaryl/α,β-unsaturated/α-hetero) is 1. The van der Waals surface area contributed by atoms with E-state index in [0.29, 0.717) is 0 Å². The zero-order valence-corrected chi connectivity index (χ0v) is 7.53. The Balaban J connectivity index is 2.76. The van der Waals surface area contributed by atoms with E-state index in [1.807, 2.05) is 0 Å². The number of hydrogen-bond acceptors (Lipinski definition) is 3. The van der Waals surface area contributed by atoms with Crippen LogP contribution in [0.15, 0.2) is 5.10 Å². The lowest BCUT2D eigenvalue weighted by molar-refractivity contribution is -0.291. The predicted octanol–water partition coefficient (Wildman–Crippen LogP) is 1.49. The maximum absolute atomic E-state index is 12.7. The Kier molecular flexibility index (Phi) is 2.71. The van der Waals surface area contributed by atoms with Crippen molar-refractivity contribution in [1.82, 2.24) is 5.43 Å². The number of carbonyl (C=O) groups excluding carboxylic acids is 1. The summed E-state index contributed by atoms with van der Waals surface area (Å²) in [6, 6.07) is -2.20. The molecular weight excluding hydrogens is 223 g/mol. The van der Waals surface area contributed by atoms with Gasteiger partial charge in [0.2, 0.25) is 0 Å². The van der Waals surface area contributed by atoms with Crippen LogP contribution in [0.25, 0.3) is 0 Å². The predicted molar refractivity (Wildman–Crippen MR) is 40.7 cm³/mol. The summed E-state index contributed by atoms with van der Waals surface area (Å²) in [4.78, 5) is 10.7. The van der Waals surface area contributed by atoms with Crippen LogP contribution in [-0.2, 0) is 4.79 Å². The van der Waals surface area contributed by atoms with Gasteiger partial charge < -0.3 is 0 Å². The van der Waals surface area contributed by atoms with Gasteiger partial charge in [0.1, 0.15) is 11.8 Å². The molecule has 0 radical (unpaired) electrons. The van der Waals surface area contributed by atoms with E-state index in [1.54, 1.807) is 5.43 Å².